The maximum absolute atomic E-state index is 6.40. The van der Waals surface area contributed by atoms with Crippen LogP contribution in [0.2, 0.25) is 0 Å². The van der Waals surface area contributed by atoms with Crippen LogP contribution in [0.4, 0.5) is 0 Å². The van der Waals surface area contributed by atoms with Gasteiger partial charge in [0.1, 0.15) is 5.76 Å². The topological polar surface area (TPSA) is 12.5 Å². The summed E-state index contributed by atoms with van der Waals surface area (Å²) in [5.41, 5.74) is 1.71. The summed E-state index contributed by atoms with van der Waals surface area (Å²) in [7, 11) is 0. The van der Waals surface area contributed by atoms with Gasteiger partial charge >= 0.3 is 0 Å². The van der Waals surface area contributed by atoms with Crippen LogP contribution in [0.25, 0.3) is 0 Å². The van der Waals surface area contributed by atoms with E-state index in [4.69, 9.17) is 4.74 Å². The number of rotatable bonds is 0. The summed E-state index contributed by atoms with van der Waals surface area (Å²) >= 11 is 0. The molecule has 0 N–H and O–H groups in total. The standard InChI is InChI=1S/C21H41NO/c1-18(2,3)15-13-14-23-17(20(7,8)9)16(19(4,5)6)22(15)21(10,11)12/h15H,13-14H2,1-12H3. The van der Waals surface area contributed by atoms with Crippen molar-refractivity contribution in [2.24, 2.45) is 16.2 Å². The largest absolute Gasteiger partial charge is 0.495 e. The van der Waals surface area contributed by atoms with Crippen molar-refractivity contribution < 1.29 is 4.74 Å². The fourth-order valence-corrected chi connectivity index (χ4v) is 3.63. The highest BCUT2D eigenvalue weighted by atomic mass is 16.5. The van der Waals surface area contributed by atoms with Crippen molar-refractivity contribution in [3.63, 3.8) is 0 Å². The first kappa shape index (κ1) is 20.4. The van der Waals surface area contributed by atoms with E-state index in [-0.39, 0.29) is 21.8 Å². The summed E-state index contributed by atoms with van der Waals surface area (Å²) in [6.45, 7) is 28.7. The Labute approximate surface area is 145 Å². The molecule has 1 atom stereocenters. The molecule has 1 rings (SSSR count). The third-order valence-electron chi connectivity index (χ3n) is 4.52. The Kier molecular flexibility index (Phi) is 5.32. The van der Waals surface area contributed by atoms with Crippen molar-refractivity contribution >= 4 is 0 Å². The number of ether oxygens (including phenoxy) is 1. The minimum atomic E-state index is 0.0128. The summed E-state index contributed by atoms with van der Waals surface area (Å²) in [5.74, 6) is 1.17. The van der Waals surface area contributed by atoms with E-state index in [9.17, 15) is 0 Å². The van der Waals surface area contributed by atoms with Gasteiger partial charge < -0.3 is 9.64 Å². The first-order valence-electron chi connectivity index (χ1n) is 9.15. The zero-order valence-electron chi connectivity index (χ0n) is 17.8. The average Bonchev–Trinajstić information content (AvgIpc) is 2.44. The first-order valence-corrected chi connectivity index (χ1v) is 9.15. The van der Waals surface area contributed by atoms with Crippen LogP contribution in [-0.2, 0) is 4.74 Å². The smallest absolute Gasteiger partial charge is 0.121 e. The molecule has 0 radical (unpaired) electrons. The summed E-state index contributed by atoms with van der Waals surface area (Å²) in [6.07, 6.45) is 1.07. The predicted molar refractivity (Wildman–Crippen MR) is 101 cm³/mol. The minimum absolute atomic E-state index is 0.0128. The van der Waals surface area contributed by atoms with Crippen LogP contribution in [0.1, 0.15) is 89.5 Å². The van der Waals surface area contributed by atoms with Crippen LogP contribution in [0.15, 0.2) is 11.5 Å². The molecule has 0 aliphatic carbocycles. The first-order chi connectivity index (χ1) is 9.97. The van der Waals surface area contributed by atoms with Crippen molar-refractivity contribution in [2.45, 2.75) is 101 Å². The zero-order chi connectivity index (χ0) is 18.4. The predicted octanol–water partition coefficient (Wildman–Crippen LogP) is 6.23. The summed E-state index contributed by atoms with van der Waals surface area (Å²) in [6, 6.07) is 0.469. The molecule has 2 heteroatoms. The van der Waals surface area contributed by atoms with Crippen molar-refractivity contribution in [3.8, 4) is 0 Å². The molecule has 2 nitrogen and oxygen atoms in total. The van der Waals surface area contributed by atoms with E-state index < -0.39 is 0 Å². The van der Waals surface area contributed by atoms with E-state index in [1.54, 1.807) is 0 Å². The molecule has 1 heterocycles. The molecule has 0 aromatic rings. The minimum Gasteiger partial charge on any atom is -0.495 e. The molecule has 1 aliphatic heterocycles. The molecule has 0 aromatic heterocycles. The highest BCUT2D eigenvalue weighted by Crippen LogP contribution is 2.47. The quantitative estimate of drug-likeness (QED) is 0.524. The normalized spacial score (nSPS) is 22.1. The lowest BCUT2D eigenvalue weighted by atomic mass is 9.77. The van der Waals surface area contributed by atoms with Crippen molar-refractivity contribution in [1.29, 1.82) is 0 Å². The lowest BCUT2D eigenvalue weighted by Gasteiger charge is -2.52. The molecule has 0 saturated heterocycles. The molecule has 0 aromatic carbocycles. The van der Waals surface area contributed by atoms with Gasteiger partial charge in [-0.25, -0.2) is 0 Å². The maximum atomic E-state index is 6.40. The number of hydrogen-bond donors (Lipinski definition) is 0. The Morgan fingerprint density at radius 3 is 1.57 bits per heavy atom. The number of nitrogens with zero attached hydrogens (tertiary/aromatic N) is 1. The lowest BCUT2D eigenvalue weighted by molar-refractivity contribution is 0.0333. The van der Waals surface area contributed by atoms with E-state index in [0.29, 0.717) is 6.04 Å². The third-order valence-corrected chi connectivity index (χ3v) is 4.52. The van der Waals surface area contributed by atoms with E-state index >= 15 is 0 Å². The Morgan fingerprint density at radius 1 is 0.783 bits per heavy atom. The van der Waals surface area contributed by atoms with Gasteiger partial charge in [0.15, 0.2) is 0 Å². The summed E-state index contributed by atoms with van der Waals surface area (Å²) in [5, 5.41) is 0. The molecular weight excluding hydrogens is 282 g/mol. The highest BCUT2D eigenvalue weighted by molar-refractivity contribution is 5.24. The molecule has 0 amide bonds. The van der Waals surface area contributed by atoms with Gasteiger partial charge in [0.25, 0.3) is 0 Å². The SMILES string of the molecule is CC(C)(C)C1=C(C(C)(C)C)N(C(C)(C)C)C(C(C)(C)C)CCO1. The molecule has 1 unspecified atom stereocenters. The van der Waals surface area contributed by atoms with Gasteiger partial charge in [0.05, 0.1) is 12.3 Å². The van der Waals surface area contributed by atoms with Crippen LogP contribution < -0.4 is 0 Å². The molecule has 0 spiro atoms. The third kappa shape index (κ3) is 4.67. The van der Waals surface area contributed by atoms with Crippen molar-refractivity contribution in [3.05, 3.63) is 11.5 Å². The van der Waals surface area contributed by atoms with Gasteiger partial charge in [0, 0.05) is 28.8 Å². The Balaban J connectivity index is 3.73. The van der Waals surface area contributed by atoms with E-state index in [1.165, 1.54) is 11.5 Å². The second kappa shape index (κ2) is 6.01. The molecule has 1 aliphatic rings. The van der Waals surface area contributed by atoms with Crippen LogP contribution in [0.5, 0.6) is 0 Å². The monoisotopic (exact) mass is 323 g/mol. The number of allylic oxidation sites excluding steroid dienone is 2. The average molecular weight is 324 g/mol. The van der Waals surface area contributed by atoms with Crippen LogP contribution in [0, 0.1) is 16.2 Å². The molecule has 23 heavy (non-hydrogen) atoms. The molecular formula is C21H41NO. The Morgan fingerprint density at radius 2 is 1.26 bits per heavy atom. The van der Waals surface area contributed by atoms with Gasteiger partial charge in [-0.05, 0) is 26.2 Å². The van der Waals surface area contributed by atoms with Gasteiger partial charge in [-0.1, -0.05) is 62.3 Å². The highest BCUT2D eigenvalue weighted by Gasteiger charge is 2.45. The molecule has 0 bridgehead atoms. The van der Waals surface area contributed by atoms with Crippen molar-refractivity contribution in [1.82, 2.24) is 4.90 Å². The molecule has 0 fully saturated rings. The summed E-state index contributed by atoms with van der Waals surface area (Å²) in [4.78, 5) is 2.68. The fraction of sp³-hybridized carbons (Fsp3) is 0.905. The lowest BCUT2D eigenvalue weighted by Crippen LogP contribution is -2.54. The van der Waals surface area contributed by atoms with E-state index in [1.807, 2.05) is 0 Å². The zero-order valence-corrected chi connectivity index (χ0v) is 17.8. The molecule has 0 saturated carbocycles. The van der Waals surface area contributed by atoms with E-state index in [2.05, 4.69) is 88.0 Å². The fourth-order valence-electron chi connectivity index (χ4n) is 3.63. The molecule has 136 valence electrons. The van der Waals surface area contributed by atoms with Crippen LogP contribution >= 0.6 is 0 Å². The van der Waals surface area contributed by atoms with Crippen molar-refractivity contribution in [2.75, 3.05) is 6.61 Å². The maximum Gasteiger partial charge on any atom is 0.121 e. The van der Waals surface area contributed by atoms with Gasteiger partial charge in [0.2, 0.25) is 0 Å². The van der Waals surface area contributed by atoms with Gasteiger partial charge in [-0.3, -0.25) is 0 Å². The van der Waals surface area contributed by atoms with Crippen LogP contribution in [0.3, 0.4) is 0 Å². The second-order valence-electron chi connectivity index (χ2n) is 11.2. The number of hydrogen-bond acceptors (Lipinski definition) is 2. The van der Waals surface area contributed by atoms with Gasteiger partial charge in [-0.15, -0.1) is 0 Å². The van der Waals surface area contributed by atoms with Crippen LogP contribution in [-0.4, -0.2) is 23.1 Å². The summed E-state index contributed by atoms with van der Waals surface area (Å²) < 4.78 is 6.40. The van der Waals surface area contributed by atoms with E-state index in [0.717, 1.165) is 13.0 Å². The second-order valence-corrected chi connectivity index (χ2v) is 11.2. The van der Waals surface area contributed by atoms with Gasteiger partial charge in [-0.2, -0.15) is 0 Å². The Bertz CT molecular complexity index is 446. The Hall–Kier alpha value is -0.660.